The molecular formula is C28H41FN2O6S. The Morgan fingerprint density at radius 3 is 2.34 bits per heavy atom. The van der Waals surface area contributed by atoms with Gasteiger partial charge in [-0.3, -0.25) is 4.79 Å². The second-order valence-corrected chi connectivity index (χ2v) is 13.8. The average Bonchev–Trinajstić information content (AvgIpc) is 3.15. The van der Waals surface area contributed by atoms with E-state index in [2.05, 4.69) is 5.32 Å². The normalized spacial score (nSPS) is 22.7. The summed E-state index contributed by atoms with van der Waals surface area (Å²) in [4.78, 5) is 26.9. The summed E-state index contributed by atoms with van der Waals surface area (Å²) < 4.78 is 50.0. The van der Waals surface area contributed by atoms with Crippen LogP contribution in [-0.2, 0) is 19.4 Å². The van der Waals surface area contributed by atoms with Crippen molar-refractivity contribution in [2.75, 3.05) is 25.4 Å². The van der Waals surface area contributed by atoms with Gasteiger partial charge in [0.1, 0.15) is 18.0 Å². The molecule has 1 spiro atoms. The number of sulfone groups is 1. The minimum absolute atomic E-state index is 0.0252. The molecule has 1 aromatic rings. The Hall–Kier alpha value is -2.62. The van der Waals surface area contributed by atoms with Gasteiger partial charge in [-0.2, -0.15) is 0 Å². The number of nitrogens with zero attached hydrogens (tertiary/aromatic N) is 1. The van der Waals surface area contributed by atoms with Crippen molar-refractivity contribution >= 4 is 21.8 Å². The molecule has 2 aliphatic rings. The molecule has 8 nitrogen and oxygen atoms in total. The molecule has 1 saturated heterocycles. The SMILES string of the molecule is CC(C)N1CCC2(CCC(CS(=O)(=O)c3ccc(OC/C(=C/F)CNC(=O)OC(C)(C)C)cc3)CC2)C1=O. The molecule has 38 heavy (non-hydrogen) atoms. The molecule has 0 unspecified atom stereocenters. The largest absolute Gasteiger partial charge is 0.489 e. The fourth-order valence-corrected chi connectivity index (χ4v) is 6.84. The topological polar surface area (TPSA) is 102 Å². The Morgan fingerprint density at radius 2 is 1.82 bits per heavy atom. The molecule has 10 heteroatoms. The van der Waals surface area contributed by atoms with E-state index in [0.717, 1.165) is 38.6 Å². The number of rotatable bonds is 9. The molecule has 1 aliphatic carbocycles. The van der Waals surface area contributed by atoms with Crippen LogP contribution in [0, 0.1) is 11.3 Å². The first-order chi connectivity index (χ1) is 17.7. The lowest BCUT2D eigenvalue weighted by molar-refractivity contribution is -0.139. The molecule has 2 amide bonds. The van der Waals surface area contributed by atoms with Gasteiger partial charge in [0.25, 0.3) is 0 Å². The molecule has 0 bridgehead atoms. The first-order valence-electron chi connectivity index (χ1n) is 13.3. The third kappa shape index (κ3) is 7.71. The summed E-state index contributed by atoms with van der Waals surface area (Å²) >= 11 is 0. The molecule has 1 aliphatic heterocycles. The molecule has 0 radical (unpaired) electrons. The zero-order valence-corrected chi connectivity index (χ0v) is 23.9. The van der Waals surface area contributed by atoms with Crippen LogP contribution in [0.1, 0.15) is 66.7 Å². The van der Waals surface area contributed by atoms with E-state index in [0.29, 0.717) is 12.1 Å². The second-order valence-electron chi connectivity index (χ2n) is 11.7. The predicted molar refractivity (Wildman–Crippen MR) is 143 cm³/mol. The lowest BCUT2D eigenvalue weighted by Gasteiger charge is -2.36. The highest BCUT2D eigenvalue weighted by Crippen LogP contribution is 2.47. The van der Waals surface area contributed by atoms with Crippen LogP contribution in [0.2, 0.25) is 0 Å². The maximum absolute atomic E-state index is 13.2. The van der Waals surface area contributed by atoms with Gasteiger partial charge in [0.2, 0.25) is 5.91 Å². The van der Waals surface area contributed by atoms with Gasteiger partial charge < -0.3 is 19.7 Å². The number of nitrogens with one attached hydrogen (secondary N) is 1. The van der Waals surface area contributed by atoms with Crippen molar-refractivity contribution in [1.29, 1.82) is 0 Å². The Labute approximate surface area is 225 Å². The van der Waals surface area contributed by atoms with E-state index in [4.69, 9.17) is 9.47 Å². The molecule has 3 rings (SSSR count). The number of hydrogen-bond donors (Lipinski definition) is 1. The van der Waals surface area contributed by atoms with Crippen LogP contribution in [0.15, 0.2) is 41.1 Å². The first kappa shape index (κ1) is 29.9. The van der Waals surface area contributed by atoms with Crippen molar-refractivity contribution in [3.8, 4) is 5.75 Å². The number of carbonyl (C=O) groups is 2. The maximum Gasteiger partial charge on any atom is 0.407 e. The van der Waals surface area contributed by atoms with E-state index in [1.54, 1.807) is 20.8 Å². The molecule has 212 valence electrons. The molecule has 1 heterocycles. The number of amides is 2. The van der Waals surface area contributed by atoms with Crippen LogP contribution >= 0.6 is 0 Å². The van der Waals surface area contributed by atoms with Crippen LogP contribution in [0.3, 0.4) is 0 Å². The first-order valence-corrected chi connectivity index (χ1v) is 14.9. The van der Waals surface area contributed by atoms with Crippen LogP contribution in [0.4, 0.5) is 9.18 Å². The average molecular weight is 553 g/mol. The number of likely N-dealkylation sites (tertiary alicyclic amines) is 1. The number of ether oxygens (including phenoxy) is 2. The van der Waals surface area contributed by atoms with Crippen LogP contribution < -0.4 is 10.1 Å². The summed E-state index contributed by atoms with van der Waals surface area (Å²) in [6.45, 7) is 9.85. The fraction of sp³-hybridized carbons (Fsp3) is 0.643. The predicted octanol–water partition coefficient (Wildman–Crippen LogP) is 5.03. The minimum Gasteiger partial charge on any atom is -0.489 e. The molecule has 0 aromatic heterocycles. The number of carbonyl (C=O) groups excluding carboxylic acids is 2. The standard InChI is InChI=1S/C28H41FN2O6S/c1-20(2)31-15-14-28(25(31)32)12-10-21(11-13-28)19-38(34,35)24-8-6-23(7-9-24)36-18-22(16-29)17-30-26(33)37-27(3,4)5/h6-9,16,20-21H,10-15,17-19H2,1-5H3,(H,30,33)/b22-16+. The van der Waals surface area contributed by atoms with E-state index in [1.807, 2.05) is 18.7 Å². The third-order valence-electron chi connectivity index (χ3n) is 7.31. The summed E-state index contributed by atoms with van der Waals surface area (Å²) in [5, 5.41) is 2.47. The van der Waals surface area contributed by atoms with E-state index in [-0.39, 0.29) is 52.7 Å². The van der Waals surface area contributed by atoms with E-state index >= 15 is 0 Å². The Kier molecular flexibility index (Phi) is 9.49. The summed E-state index contributed by atoms with van der Waals surface area (Å²) in [5.74, 6) is 0.693. The Bertz CT molecular complexity index is 1120. The van der Waals surface area contributed by atoms with Gasteiger partial charge in [-0.15, -0.1) is 0 Å². The van der Waals surface area contributed by atoms with E-state index in [9.17, 15) is 22.4 Å². The summed E-state index contributed by atoms with van der Waals surface area (Å²) in [5.41, 5.74) is -0.773. The zero-order chi connectivity index (χ0) is 28.1. The highest BCUT2D eigenvalue weighted by Gasteiger charge is 2.49. The van der Waals surface area contributed by atoms with Crippen LogP contribution in [0.5, 0.6) is 5.75 Å². The second kappa shape index (κ2) is 12.1. The summed E-state index contributed by atoms with van der Waals surface area (Å²) in [7, 11) is -3.50. The smallest absolute Gasteiger partial charge is 0.407 e. The lowest BCUT2D eigenvalue weighted by Crippen LogP contribution is -2.40. The van der Waals surface area contributed by atoms with Crippen LogP contribution in [0.25, 0.3) is 0 Å². The van der Waals surface area contributed by atoms with E-state index < -0.39 is 21.5 Å². The lowest BCUT2D eigenvalue weighted by atomic mass is 9.70. The van der Waals surface area contributed by atoms with Gasteiger partial charge in [-0.1, -0.05) is 0 Å². The zero-order valence-electron chi connectivity index (χ0n) is 23.1. The van der Waals surface area contributed by atoms with E-state index in [1.165, 1.54) is 24.3 Å². The van der Waals surface area contributed by atoms with Crippen molar-refractivity contribution in [2.45, 2.75) is 83.3 Å². The van der Waals surface area contributed by atoms with Crippen molar-refractivity contribution in [3.63, 3.8) is 0 Å². The number of hydrogen-bond acceptors (Lipinski definition) is 6. The Balaban J connectivity index is 1.49. The maximum atomic E-state index is 13.2. The monoisotopic (exact) mass is 552 g/mol. The molecule has 1 N–H and O–H groups in total. The molecule has 0 atom stereocenters. The summed E-state index contributed by atoms with van der Waals surface area (Å²) in [6.07, 6.45) is 3.52. The van der Waals surface area contributed by atoms with Gasteiger partial charge >= 0.3 is 6.09 Å². The fourth-order valence-electron chi connectivity index (χ4n) is 5.15. The van der Waals surface area contributed by atoms with Gasteiger partial charge in [0.05, 0.1) is 22.4 Å². The number of benzene rings is 1. The minimum atomic E-state index is -3.50. The quantitative estimate of drug-likeness (QED) is 0.461. The molecule has 1 saturated carbocycles. The van der Waals surface area contributed by atoms with Gasteiger partial charge in [0.15, 0.2) is 9.84 Å². The van der Waals surface area contributed by atoms with Gasteiger partial charge in [-0.05, 0) is 96.9 Å². The molecule has 1 aromatic carbocycles. The van der Waals surface area contributed by atoms with Gasteiger partial charge in [-0.25, -0.2) is 17.6 Å². The van der Waals surface area contributed by atoms with Crippen molar-refractivity contribution in [1.82, 2.24) is 10.2 Å². The Morgan fingerprint density at radius 1 is 1.18 bits per heavy atom. The molecule has 2 fully saturated rings. The van der Waals surface area contributed by atoms with Crippen molar-refractivity contribution in [2.24, 2.45) is 11.3 Å². The molecular weight excluding hydrogens is 511 g/mol. The van der Waals surface area contributed by atoms with Crippen molar-refractivity contribution < 1.29 is 31.9 Å². The highest BCUT2D eigenvalue weighted by atomic mass is 32.2. The van der Waals surface area contributed by atoms with Crippen LogP contribution in [-0.4, -0.2) is 62.4 Å². The third-order valence-corrected chi connectivity index (χ3v) is 9.21. The number of halogens is 1. The highest BCUT2D eigenvalue weighted by molar-refractivity contribution is 7.91. The summed E-state index contributed by atoms with van der Waals surface area (Å²) in [6, 6.07) is 6.26. The van der Waals surface area contributed by atoms with Gasteiger partial charge in [0, 0.05) is 24.7 Å². The van der Waals surface area contributed by atoms with Crippen molar-refractivity contribution in [3.05, 3.63) is 36.2 Å². The number of alkyl carbamates (subject to hydrolysis) is 1.